The number of hydrogen-bond acceptors (Lipinski definition) is 8. The van der Waals surface area contributed by atoms with Gasteiger partial charge in [0.2, 0.25) is 0 Å². The molecule has 0 spiro atoms. The second kappa shape index (κ2) is 11.6. The first-order valence-corrected chi connectivity index (χ1v) is 17.7. The molecule has 3 N–H and O–H groups in total. The van der Waals surface area contributed by atoms with Crippen molar-refractivity contribution in [3.8, 4) is 5.75 Å². The van der Waals surface area contributed by atoms with Crippen molar-refractivity contribution in [2.75, 3.05) is 19.5 Å². The summed E-state index contributed by atoms with van der Waals surface area (Å²) < 4.78 is 21.4. The Bertz CT molecular complexity index is 1770. The molecule has 2 fully saturated rings. The van der Waals surface area contributed by atoms with Crippen molar-refractivity contribution >= 4 is 35.7 Å². The number of nitrogens with two attached hydrogens (primary N) is 1. The van der Waals surface area contributed by atoms with E-state index in [0.29, 0.717) is 30.2 Å². The fourth-order valence-electron chi connectivity index (χ4n) is 7.69. The molecule has 5 atom stereocenters. The first-order chi connectivity index (χ1) is 22.2. The maximum atomic E-state index is 12.2. The maximum Gasteiger partial charge on any atom is 0.261 e. The van der Waals surface area contributed by atoms with E-state index in [1.165, 1.54) is 16.7 Å². The van der Waals surface area contributed by atoms with Gasteiger partial charge in [-0.25, -0.2) is 15.0 Å². The summed E-state index contributed by atoms with van der Waals surface area (Å²) in [6.45, 7) is 7.58. The molecule has 238 valence electrons. The summed E-state index contributed by atoms with van der Waals surface area (Å²) in [4.78, 5) is 13.3. The lowest BCUT2D eigenvalue weighted by atomic mass is 10.00. The Hall–Kier alpha value is -4.09. The lowest BCUT2D eigenvalue weighted by molar-refractivity contribution is -0.0775. The molecule has 5 aromatic rings. The quantitative estimate of drug-likeness (QED) is 0.216. The number of nitrogens with zero attached hydrogens (tertiary/aromatic N) is 4. The average molecular weight is 636 g/mol. The summed E-state index contributed by atoms with van der Waals surface area (Å²) in [6, 6.07) is 28.8. The fourth-order valence-corrected chi connectivity index (χ4v) is 12.3. The maximum absolute atomic E-state index is 12.2. The Morgan fingerprint density at radius 2 is 1.59 bits per heavy atom. The van der Waals surface area contributed by atoms with Crippen molar-refractivity contribution in [2.24, 2.45) is 11.3 Å². The van der Waals surface area contributed by atoms with Gasteiger partial charge in [0.25, 0.3) is 8.32 Å². The molecule has 7 rings (SSSR count). The van der Waals surface area contributed by atoms with Gasteiger partial charge < -0.3 is 29.3 Å². The van der Waals surface area contributed by atoms with Gasteiger partial charge in [-0.05, 0) is 45.4 Å². The zero-order valence-corrected chi connectivity index (χ0v) is 27.7. The average Bonchev–Trinajstić information content (AvgIpc) is 3.55. The smallest absolute Gasteiger partial charge is 0.261 e. The van der Waals surface area contributed by atoms with E-state index in [9.17, 15) is 5.11 Å². The summed E-state index contributed by atoms with van der Waals surface area (Å²) in [5.41, 5.74) is 7.86. The van der Waals surface area contributed by atoms with Crippen molar-refractivity contribution in [3.05, 3.63) is 103 Å². The van der Waals surface area contributed by atoms with E-state index in [1.54, 1.807) is 13.4 Å². The van der Waals surface area contributed by atoms with Crippen molar-refractivity contribution in [2.45, 2.75) is 57.1 Å². The highest BCUT2D eigenvalue weighted by molar-refractivity contribution is 6.99. The van der Waals surface area contributed by atoms with Crippen LogP contribution in [-0.4, -0.2) is 58.9 Å². The van der Waals surface area contributed by atoms with Gasteiger partial charge in [-0.15, -0.1) is 0 Å². The third-order valence-corrected chi connectivity index (χ3v) is 15.1. The van der Waals surface area contributed by atoms with E-state index in [4.69, 9.17) is 19.6 Å². The lowest BCUT2D eigenvalue weighted by Crippen LogP contribution is -2.67. The number of aromatic nitrogens is 4. The summed E-state index contributed by atoms with van der Waals surface area (Å²) in [5.74, 6) is 1.20. The molecule has 46 heavy (non-hydrogen) atoms. The third kappa shape index (κ3) is 4.91. The molecule has 0 amide bonds. The zero-order valence-electron chi connectivity index (χ0n) is 26.7. The number of anilines is 1. The van der Waals surface area contributed by atoms with Crippen LogP contribution in [0.4, 0.5) is 5.82 Å². The Labute approximate surface area is 270 Å². The molecule has 1 unspecified atom stereocenters. The van der Waals surface area contributed by atoms with Gasteiger partial charge in [0, 0.05) is 12.0 Å². The van der Waals surface area contributed by atoms with E-state index < -0.39 is 25.9 Å². The molecule has 2 aromatic heterocycles. The normalized spacial score (nSPS) is 24.2. The minimum atomic E-state index is -2.83. The lowest BCUT2D eigenvalue weighted by Gasteiger charge is -2.44. The minimum absolute atomic E-state index is 0.0928. The van der Waals surface area contributed by atoms with Crippen LogP contribution < -0.4 is 20.8 Å². The topological polar surface area (TPSA) is 118 Å². The predicted octanol–water partition coefficient (Wildman–Crippen LogP) is 4.50. The van der Waals surface area contributed by atoms with Gasteiger partial charge in [-0.1, -0.05) is 93.6 Å². The summed E-state index contributed by atoms with van der Waals surface area (Å²) >= 11 is 0. The van der Waals surface area contributed by atoms with Crippen LogP contribution in [0.15, 0.2) is 97.6 Å². The number of aliphatic hydroxyl groups excluding tert-OH is 1. The molecule has 9 nitrogen and oxygen atoms in total. The number of benzene rings is 3. The van der Waals surface area contributed by atoms with Crippen LogP contribution in [-0.2, 0) is 15.8 Å². The Balaban J connectivity index is 1.26. The molecule has 2 heterocycles. The molecule has 3 aromatic carbocycles. The Kier molecular flexibility index (Phi) is 7.71. The highest BCUT2D eigenvalue weighted by Crippen LogP contribution is 2.69. The molecule has 2 aliphatic carbocycles. The molecule has 0 aliphatic heterocycles. The van der Waals surface area contributed by atoms with Crippen LogP contribution in [0, 0.1) is 11.3 Å². The van der Waals surface area contributed by atoms with Crippen LogP contribution >= 0.6 is 0 Å². The van der Waals surface area contributed by atoms with Crippen molar-refractivity contribution in [1.29, 1.82) is 0 Å². The third-order valence-electron chi connectivity index (χ3n) is 10.1. The SMILES string of the molecule is COc1ccc(COC2[C@@H](O)[C@]3(CO[Si](c4ccccc4)(c4ccccc4)C(C)(C)C)C[C@@H]3[C@H]2n2cnc3c(N)ncnc32)cc1. The standard InChI is InChI=1S/C36H41N5O4Si/c1-35(2,3)46(26-11-7-5-8-12-26,27-13-9-6-10-14-27)45-21-36-19-28(36)30(41-23-40-29-33(37)38-22-39-34(29)41)31(32(36)42)44-20-24-15-17-25(43-4)18-16-24/h5-18,22-23,28,30-32,42H,19-21H2,1-4H3,(H2,37,38,39)/t28-,30-,31?,32-,36+/m1/s1. The van der Waals surface area contributed by atoms with E-state index in [-0.39, 0.29) is 17.0 Å². The molecular formula is C36H41N5O4Si. The first-order valence-electron chi connectivity index (χ1n) is 15.8. The van der Waals surface area contributed by atoms with Gasteiger partial charge >= 0.3 is 0 Å². The van der Waals surface area contributed by atoms with Crippen LogP contribution in [0.5, 0.6) is 5.75 Å². The summed E-state index contributed by atoms with van der Waals surface area (Å²) in [7, 11) is -1.18. The molecule has 0 saturated heterocycles. The second-order valence-electron chi connectivity index (χ2n) is 13.6. The monoisotopic (exact) mass is 635 g/mol. The van der Waals surface area contributed by atoms with Crippen LogP contribution in [0.25, 0.3) is 11.2 Å². The van der Waals surface area contributed by atoms with Crippen molar-refractivity contribution in [1.82, 2.24) is 19.5 Å². The fraction of sp³-hybridized carbons (Fsp3) is 0.361. The van der Waals surface area contributed by atoms with Crippen LogP contribution in [0.3, 0.4) is 0 Å². The van der Waals surface area contributed by atoms with Crippen LogP contribution in [0.1, 0.15) is 38.8 Å². The van der Waals surface area contributed by atoms with E-state index >= 15 is 0 Å². The molecule has 0 radical (unpaired) electrons. The van der Waals surface area contributed by atoms with E-state index in [1.807, 2.05) is 41.0 Å². The molecule has 2 saturated carbocycles. The predicted molar refractivity (Wildman–Crippen MR) is 180 cm³/mol. The van der Waals surface area contributed by atoms with Gasteiger partial charge in [0.1, 0.15) is 23.7 Å². The number of fused-ring (bicyclic) bond motifs is 2. The molecular weight excluding hydrogens is 595 g/mol. The molecule has 0 bridgehead atoms. The van der Waals surface area contributed by atoms with Crippen molar-refractivity contribution < 1.29 is 19.0 Å². The Morgan fingerprint density at radius 3 is 2.20 bits per heavy atom. The number of methoxy groups -OCH3 is 1. The number of ether oxygens (including phenoxy) is 2. The number of aliphatic hydroxyl groups is 1. The number of rotatable bonds is 10. The summed E-state index contributed by atoms with van der Waals surface area (Å²) in [6.07, 6.45) is 2.74. The summed E-state index contributed by atoms with van der Waals surface area (Å²) in [5, 5.41) is 14.5. The van der Waals surface area contributed by atoms with Gasteiger partial charge in [-0.3, -0.25) is 0 Å². The van der Waals surface area contributed by atoms with Crippen LogP contribution in [0.2, 0.25) is 5.04 Å². The number of imidazole rings is 1. The highest BCUT2D eigenvalue weighted by Gasteiger charge is 2.73. The van der Waals surface area contributed by atoms with E-state index in [2.05, 4.69) is 84.3 Å². The minimum Gasteiger partial charge on any atom is -0.497 e. The second-order valence-corrected chi connectivity index (χ2v) is 17.9. The number of nitrogen functional groups attached to an aromatic ring is 1. The molecule has 10 heteroatoms. The van der Waals surface area contributed by atoms with Gasteiger partial charge in [0.05, 0.1) is 32.2 Å². The van der Waals surface area contributed by atoms with Gasteiger partial charge in [0.15, 0.2) is 11.5 Å². The van der Waals surface area contributed by atoms with Crippen molar-refractivity contribution in [3.63, 3.8) is 0 Å². The Morgan fingerprint density at radius 1 is 0.935 bits per heavy atom. The number of hydrogen-bond donors (Lipinski definition) is 2. The highest BCUT2D eigenvalue weighted by atomic mass is 28.4. The zero-order chi connectivity index (χ0) is 32.1. The first kappa shape index (κ1) is 30.6. The molecule has 2 aliphatic rings. The van der Waals surface area contributed by atoms with Gasteiger partial charge in [-0.2, -0.15) is 0 Å². The van der Waals surface area contributed by atoms with E-state index in [0.717, 1.165) is 17.7 Å². The largest absolute Gasteiger partial charge is 0.497 e.